The molecule has 0 amide bonds. The summed E-state index contributed by atoms with van der Waals surface area (Å²) >= 11 is 0. The zero-order chi connectivity index (χ0) is 22.6. The molecular weight excluding hydrogens is 392 g/mol. The van der Waals surface area contributed by atoms with E-state index in [1.54, 1.807) is 6.08 Å². The molecule has 4 N–H and O–H groups in total. The number of rotatable bonds is 13. The number of unbranched alkanes of at least 4 members (excludes halogenated alkanes) is 1. The molecule has 172 valence electrons. The zero-order valence-electron chi connectivity index (χ0n) is 18.5. The standard InChI is InChI=1S/C26H38O5/c1-2-10-20(19-11-6-5-7-12-19)17-21(27)15-16-23-22(24(28)18-25(23)29)13-8-3-4-9-14-26(30)31/h3,5-8,11-12,15-16,20-25,27-29H,2,4,9-10,13-14,17-18H2,1H3,(H,30,31)/b8-3+,16-15+/t20?,21-,22+,23-,24+,25-/m1/s1. The van der Waals surface area contributed by atoms with Crippen LogP contribution in [0.2, 0.25) is 0 Å². The van der Waals surface area contributed by atoms with Crippen LogP contribution in [0.15, 0.2) is 54.6 Å². The lowest BCUT2D eigenvalue weighted by Gasteiger charge is -2.21. The van der Waals surface area contributed by atoms with Gasteiger partial charge in [0.15, 0.2) is 0 Å². The topological polar surface area (TPSA) is 98.0 Å². The summed E-state index contributed by atoms with van der Waals surface area (Å²) in [5.41, 5.74) is 1.24. The van der Waals surface area contributed by atoms with Crippen molar-refractivity contribution in [3.8, 4) is 0 Å². The molecule has 1 aromatic rings. The average Bonchev–Trinajstić information content (AvgIpc) is 3.01. The van der Waals surface area contributed by atoms with Gasteiger partial charge in [0, 0.05) is 18.8 Å². The van der Waals surface area contributed by atoms with Crippen LogP contribution in [0.1, 0.15) is 69.8 Å². The number of carboxylic acids is 1. The van der Waals surface area contributed by atoms with Crippen molar-refractivity contribution in [1.29, 1.82) is 0 Å². The smallest absolute Gasteiger partial charge is 0.303 e. The van der Waals surface area contributed by atoms with Gasteiger partial charge >= 0.3 is 5.97 Å². The third kappa shape index (κ3) is 8.60. The first-order valence-corrected chi connectivity index (χ1v) is 11.6. The van der Waals surface area contributed by atoms with Crippen LogP contribution >= 0.6 is 0 Å². The summed E-state index contributed by atoms with van der Waals surface area (Å²) in [6.45, 7) is 2.15. The van der Waals surface area contributed by atoms with Crippen LogP contribution in [0.25, 0.3) is 0 Å². The van der Waals surface area contributed by atoms with Crippen molar-refractivity contribution in [2.45, 2.75) is 82.5 Å². The molecule has 1 fully saturated rings. The van der Waals surface area contributed by atoms with E-state index in [-0.39, 0.29) is 24.2 Å². The molecule has 5 heteroatoms. The van der Waals surface area contributed by atoms with Gasteiger partial charge in [-0.1, -0.05) is 68.0 Å². The van der Waals surface area contributed by atoms with Gasteiger partial charge in [0.1, 0.15) is 0 Å². The Morgan fingerprint density at radius 1 is 1.16 bits per heavy atom. The Morgan fingerprint density at radius 2 is 1.90 bits per heavy atom. The van der Waals surface area contributed by atoms with Crippen molar-refractivity contribution >= 4 is 5.97 Å². The SMILES string of the molecule is CCCC(C[C@H](O)/C=C/[C@@H]1[C@H](C/C=C/CCCC(=O)O)[C@@H](O)C[C@H]1O)c1ccccc1. The molecule has 1 aromatic carbocycles. The van der Waals surface area contributed by atoms with Crippen LogP contribution in [0.5, 0.6) is 0 Å². The van der Waals surface area contributed by atoms with Crippen LogP contribution in [0.3, 0.4) is 0 Å². The zero-order valence-corrected chi connectivity index (χ0v) is 18.5. The van der Waals surface area contributed by atoms with Crippen molar-refractivity contribution < 1.29 is 25.2 Å². The molecular formula is C26H38O5. The highest BCUT2D eigenvalue weighted by Gasteiger charge is 2.39. The number of allylic oxidation sites excluding steroid dienone is 2. The molecule has 1 saturated carbocycles. The number of hydrogen-bond acceptors (Lipinski definition) is 4. The molecule has 0 heterocycles. The maximum Gasteiger partial charge on any atom is 0.303 e. The molecule has 1 unspecified atom stereocenters. The Hall–Kier alpha value is -1.95. The third-order valence-electron chi connectivity index (χ3n) is 6.24. The van der Waals surface area contributed by atoms with Gasteiger partial charge in [0.05, 0.1) is 18.3 Å². The van der Waals surface area contributed by atoms with Crippen LogP contribution < -0.4 is 0 Å². The molecule has 0 spiro atoms. The molecule has 0 radical (unpaired) electrons. The number of aliphatic hydroxyl groups excluding tert-OH is 3. The molecule has 1 aliphatic carbocycles. The minimum atomic E-state index is -0.792. The summed E-state index contributed by atoms with van der Waals surface area (Å²) in [7, 11) is 0. The lowest BCUT2D eigenvalue weighted by molar-refractivity contribution is -0.137. The second kappa shape index (κ2) is 13.5. The van der Waals surface area contributed by atoms with Gasteiger partial charge in [-0.05, 0) is 49.5 Å². The van der Waals surface area contributed by atoms with Gasteiger partial charge in [0.2, 0.25) is 0 Å². The Balaban J connectivity index is 1.92. The first kappa shape index (κ1) is 25.3. The molecule has 0 bridgehead atoms. The van der Waals surface area contributed by atoms with Crippen LogP contribution in [-0.4, -0.2) is 44.7 Å². The van der Waals surface area contributed by atoms with Gasteiger partial charge in [-0.15, -0.1) is 0 Å². The van der Waals surface area contributed by atoms with E-state index in [0.29, 0.717) is 32.1 Å². The number of hydrogen-bond donors (Lipinski definition) is 4. The first-order valence-electron chi connectivity index (χ1n) is 11.6. The van der Waals surface area contributed by atoms with Crippen LogP contribution in [0, 0.1) is 11.8 Å². The van der Waals surface area contributed by atoms with E-state index >= 15 is 0 Å². The lowest BCUT2D eigenvalue weighted by Crippen LogP contribution is -2.20. The summed E-state index contributed by atoms with van der Waals surface area (Å²) in [6.07, 6.45) is 10.9. The van der Waals surface area contributed by atoms with E-state index in [4.69, 9.17) is 5.11 Å². The Labute approximate surface area is 186 Å². The largest absolute Gasteiger partial charge is 0.481 e. The van der Waals surface area contributed by atoms with E-state index in [1.807, 2.05) is 36.4 Å². The number of carboxylic acid groups (broad SMARTS) is 1. The summed E-state index contributed by atoms with van der Waals surface area (Å²) in [4.78, 5) is 10.6. The van der Waals surface area contributed by atoms with Gasteiger partial charge < -0.3 is 20.4 Å². The Morgan fingerprint density at radius 3 is 2.58 bits per heavy atom. The maximum absolute atomic E-state index is 10.6. The molecule has 0 aromatic heterocycles. The van der Waals surface area contributed by atoms with Gasteiger partial charge in [-0.25, -0.2) is 0 Å². The summed E-state index contributed by atoms with van der Waals surface area (Å²) < 4.78 is 0. The second-order valence-corrected chi connectivity index (χ2v) is 8.69. The van der Waals surface area contributed by atoms with E-state index in [2.05, 4.69) is 19.1 Å². The van der Waals surface area contributed by atoms with E-state index in [9.17, 15) is 20.1 Å². The van der Waals surface area contributed by atoms with E-state index in [0.717, 1.165) is 12.8 Å². The summed E-state index contributed by atoms with van der Waals surface area (Å²) in [5, 5.41) is 40.1. The normalized spacial score (nSPS) is 25.9. The number of benzene rings is 1. The highest BCUT2D eigenvalue weighted by molar-refractivity contribution is 5.66. The van der Waals surface area contributed by atoms with Crippen molar-refractivity contribution in [3.05, 3.63) is 60.2 Å². The van der Waals surface area contributed by atoms with Crippen molar-refractivity contribution in [1.82, 2.24) is 0 Å². The minimum absolute atomic E-state index is 0.102. The van der Waals surface area contributed by atoms with Crippen LogP contribution in [0.4, 0.5) is 0 Å². The minimum Gasteiger partial charge on any atom is -0.481 e. The summed E-state index contributed by atoms with van der Waals surface area (Å²) in [6, 6.07) is 10.3. The molecule has 1 aliphatic rings. The lowest BCUT2D eigenvalue weighted by atomic mass is 9.87. The van der Waals surface area contributed by atoms with Crippen molar-refractivity contribution in [2.75, 3.05) is 0 Å². The molecule has 2 rings (SSSR count). The van der Waals surface area contributed by atoms with E-state index in [1.165, 1.54) is 5.56 Å². The predicted molar refractivity (Wildman–Crippen MR) is 123 cm³/mol. The molecule has 0 aliphatic heterocycles. The fourth-order valence-electron chi connectivity index (χ4n) is 4.57. The fraction of sp³-hybridized carbons (Fsp3) is 0.577. The fourth-order valence-corrected chi connectivity index (χ4v) is 4.57. The summed E-state index contributed by atoms with van der Waals surface area (Å²) in [5.74, 6) is -0.807. The molecule has 0 saturated heterocycles. The molecule has 31 heavy (non-hydrogen) atoms. The highest BCUT2D eigenvalue weighted by atomic mass is 16.4. The van der Waals surface area contributed by atoms with E-state index < -0.39 is 24.3 Å². The van der Waals surface area contributed by atoms with Gasteiger partial charge in [-0.3, -0.25) is 4.79 Å². The van der Waals surface area contributed by atoms with Crippen molar-refractivity contribution in [2.24, 2.45) is 11.8 Å². The Kier molecular flexibility index (Phi) is 11.0. The number of aliphatic hydroxyl groups is 3. The molecule has 5 nitrogen and oxygen atoms in total. The number of carbonyl (C=O) groups is 1. The third-order valence-corrected chi connectivity index (χ3v) is 6.24. The predicted octanol–water partition coefficient (Wildman–Crippen LogP) is 4.44. The molecule has 6 atom stereocenters. The quantitative estimate of drug-likeness (QED) is 0.274. The van der Waals surface area contributed by atoms with Gasteiger partial charge in [0.25, 0.3) is 0 Å². The second-order valence-electron chi connectivity index (χ2n) is 8.69. The van der Waals surface area contributed by atoms with Crippen molar-refractivity contribution in [3.63, 3.8) is 0 Å². The van der Waals surface area contributed by atoms with Crippen LogP contribution in [-0.2, 0) is 4.79 Å². The monoisotopic (exact) mass is 430 g/mol. The average molecular weight is 431 g/mol. The first-order chi connectivity index (χ1) is 14.9. The number of aliphatic carboxylic acids is 1. The maximum atomic E-state index is 10.6. The highest BCUT2D eigenvalue weighted by Crippen LogP contribution is 2.36. The Bertz CT molecular complexity index is 699. The van der Waals surface area contributed by atoms with Gasteiger partial charge in [-0.2, -0.15) is 0 Å².